The molecule has 2 aromatic rings. The van der Waals surface area contributed by atoms with Gasteiger partial charge in [0.15, 0.2) is 0 Å². The smallest absolute Gasteiger partial charge is 0.337 e. The van der Waals surface area contributed by atoms with E-state index in [2.05, 4.69) is 0 Å². The van der Waals surface area contributed by atoms with Crippen LogP contribution in [0.2, 0.25) is 10.0 Å². The fraction of sp³-hybridized carbons (Fsp3) is 0.133. The fourth-order valence-electron chi connectivity index (χ4n) is 1.78. The van der Waals surface area contributed by atoms with Gasteiger partial charge in [0, 0.05) is 10.6 Å². The highest BCUT2D eigenvalue weighted by Gasteiger charge is 2.11. The summed E-state index contributed by atoms with van der Waals surface area (Å²) in [5.41, 5.74) is 0.754. The first-order chi connectivity index (χ1) is 10.0. The van der Waals surface area contributed by atoms with Crippen LogP contribution in [0.25, 0.3) is 0 Å². The summed E-state index contributed by atoms with van der Waals surface area (Å²) < 4.78 is 10.8. The molecule has 0 heterocycles. The van der Waals surface area contributed by atoms with Crippen molar-refractivity contribution in [1.82, 2.24) is 0 Å². The summed E-state index contributed by atoms with van der Waals surface area (Å²) >= 11 is 11.7. The number of aromatic carboxylic acids is 1. The molecular weight excluding hydrogens is 315 g/mol. The highest BCUT2D eigenvalue weighted by atomic mass is 35.5. The van der Waals surface area contributed by atoms with Gasteiger partial charge in [-0.05, 0) is 36.4 Å². The van der Waals surface area contributed by atoms with E-state index < -0.39 is 5.97 Å². The van der Waals surface area contributed by atoms with E-state index in [1.165, 1.54) is 12.1 Å². The molecule has 4 nitrogen and oxygen atoms in total. The molecule has 0 aromatic heterocycles. The van der Waals surface area contributed by atoms with E-state index in [-0.39, 0.29) is 17.2 Å². The summed E-state index contributed by atoms with van der Waals surface area (Å²) in [7, 11) is 1.55. The first-order valence-corrected chi connectivity index (χ1v) is 6.75. The van der Waals surface area contributed by atoms with Gasteiger partial charge < -0.3 is 14.6 Å². The van der Waals surface area contributed by atoms with Crippen LogP contribution in [0.15, 0.2) is 36.4 Å². The van der Waals surface area contributed by atoms with Crippen LogP contribution < -0.4 is 9.47 Å². The summed E-state index contributed by atoms with van der Waals surface area (Å²) in [4.78, 5) is 11.0. The number of carbonyl (C=O) groups is 1. The van der Waals surface area contributed by atoms with Crippen molar-refractivity contribution in [2.24, 2.45) is 0 Å². The Morgan fingerprint density at radius 2 is 1.95 bits per heavy atom. The zero-order valence-electron chi connectivity index (χ0n) is 11.1. The van der Waals surface area contributed by atoms with E-state index in [9.17, 15) is 4.79 Å². The molecule has 6 heteroatoms. The number of methoxy groups -OCH3 is 1. The number of halogens is 2. The predicted octanol–water partition coefficient (Wildman–Crippen LogP) is 4.28. The number of rotatable bonds is 5. The van der Waals surface area contributed by atoms with Gasteiger partial charge in [-0.2, -0.15) is 0 Å². The van der Waals surface area contributed by atoms with Gasteiger partial charge in [0.1, 0.15) is 18.1 Å². The molecule has 0 bridgehead atoms. The van der Waals surface area contributed by atoms with Gasteiger partial charge in [-0.1, -0.05) is 23.2 Å². The Kier molecular flexibility index (Phi) is 4.94. The maximum absolute atomic E-state index is 11.0. The van der Waals surface area contributed by atoms with Crippen LogP contribution >= 0.6 is 23.2 Å². The standard InChI is InChI=1S/C15H12Cl2O4/c1-20-14-5-2-10(16)6-9(14)8-21-11-3-4-13(17)12(7-11)15(18)19/h2-7H,8H2,1H3,(H,18,19). The molecule has 21 heavy (non-hydrogen) atoms. The number of hydrogen-bond acceptors (Lipinski definition) is 3. The van der Waals surface area contributed by atoms with Crippen LogP contribution in [0.1, 0.15) is 15.9 Å². The number of ether oxygens (including phenoxy) is 2. The van der Waals surface area contributed by atoms with E-state index >= 15 is 0 Å². The van der Waals surface area contributed by atoms with Crippen molar-refractivity contribution in [1.29, 1.82) is 0 Å². The molecule has 110 valence electrons. The van der Waals surface area contributed by atoms with Crippen molar-refractivity contribution in [2.45, 2.75) is 6.61 Å². The molecule has 0 fully saturated rings. The van der Waals surface area contributed by atoms with Gasteiger partial charge in [0.05, 0.1) is 17.7 Å². The zero-order chi connectivity index (χ0) is 15.4. The fourth-order valence-corrected chi connectivity index (χ4v) is 2.17. The van der Waals surface area contributed by atoms with E-state index in [0.717, 1.165) is 5.56 Å². The first-order valence-electron chi connectivity index (χ1n) is 5.99. The largest absolute Gasteiger partial charge is 0.496 e. The zero-order valence-corrected chi connectivity index (χ0v) is 12.6. The van der Waals surface area contributed by atoms with Crippen LogP contribution in [-0.2, 0) is 6.61 Å². The molecule has 0 aliphatic carbocycles. The number of carboxylic acid groups (broad SMARTS) is 1. The maximum atomic E-state index is 11.0. The average molecular weight is 327 g/mol. The molecular formula is C15H12Cl2O4. The summed E-state index contributed by atoms with van der Waals surface area (Å²) in [6.45, 7) is 0.199. The van der Waals surface area contributed by atoms with Crippen molar-refractivity contribution >= 4 is 29.2 Å². The van der Waals surface area contributed by atoms with Gasteiger partial charge >= 0.3 is 5.97 Å². The van der Waals surface area contributed by atoms with Crippen LogP contribution in [0.4, 0.5) is 0 Å². The molecule has 0 unspecified atom stereocenters. The molecule has 0 atom stereocenters. The second-order valence-electron chi connectivity index (χ2n) is 4.19. The Morgan fingerprint density at radius 3 is 2.62 bits per heavy atom. The molecule has 0 saturated heterocycles. The van der Waals surface area contributed by atoms with Crippen LogP contribution in [0, 0.1) is 0 Å². The molecule has 0 aliphatic rings. The van der Waals surface area contributed by atoms with Gasteiger partial charge in [-0.25, -0.2) is 4.79 Å². The summed E-state index contributed by atoms with van der Waals surface area (Å²) in [5, 5.41) is 9.75. The highest BCUT2D eigenvalue weighted by molar-refractivity contribution is 6.33. The summed E-state index contributed by atoms with van der Waals surface area (Å²) in [5.74, 6) is -0.0589. The van der Waals surface area contributed by atoms with Crippen molar-refractivity contribution in [2.75, 3.05) is 7.11 Å². The lowest BCUT2D eigenvalue weighted by Crippen LogP contribution is -2.01. The third-order valence-electron chi connectivity index (χ3n) is 2.81. The molecule has 0 amide bonds. The van der Waals surface area contributed by atoms with Crippen LogP contribution in [0.3, 0.4) is 0 Å². The minimum absolute atomic E-state index is 0.00720. The van der Waals surface area contributed by atoms with Crippen LogP contribution in [-0.4, -0.2) is 18.2 Å². The van der Waals surface area contributed by atoms with Crippen molar-refractivity contribution in [3.8, 4) is 11.5 Å². The van der Waals surface area contributed by atoms with Crippen molar-refractivity contribution in [3.05, 3.63) is 57.6 Å². The van der Waals surface area contributed by atoms with Crippen LogP contribution in [0.5, 0.6) is 11.5 Å². The Balaban J connectivity index is 2.19. The van der Waals surface area contributed by atoms with E-state index in [0.29, 0.717) is 16.5 Å². The minimum atomic E-state index is -1.11. The lowest BCUT2D eigenvalue weighted by atomic mass is 10.2. The molecule has 0 aliphatic heterocycles. The Bertz CT molecular complexity index is 671. The lowest BCUT2D eigenvalue weighted by Gasteiger charge is -2.11. The monoisotopic (exact) mass is 326 g/mol. The summed E-state index contributed by atoms with van der Waals surface area (Å²) in [6, 6.07) is 9.65. The Labute approximate surface area is 131 Å². The normalized spacial score (nSPS) is 10.2. The van der Waals surface area contributed by atoms with Gasteiger partial charge in [-0.15, -0.1) is 0 Å². The van der Waals surface area contributed by atoms with Gasteiger partial charge in [-0.3, -0.25) is 0 Å². The second kappa shape index (κ2) is 6.70. The van der Waals surface area contributed by atoms with Crippen molar-refractivity contribution in [3.63, 3.8) is 0 Å². The molecule has 2 aromatic carbocycles. The highest BCUT2D eigenvalue weighted by Crippen LogP contribution is 2.26. The molecule has 0 spiro atoms. The summed E-state index contributed by atoms with van der Waals surface area (Å²) in [6.07, 6.45) is 0. The van der Waals surface area contributed by atoms with E-state index in [1.54, 1.807) is 31.4 Å². The van der Waals surface area contributed by atoms with Gasteiger partial charge in [0.2, 0.25) is 0 Å². The topological polar surface area (TPSA) is 55.8 Å². The molecule has 0 radical (unpaired) electrons. The molecule has 0 saturated carbocycles. The maximum Gasteiger partial charge on any atom is 0.337 e. The predicted molar refractivity (Wildman–Crippen MR) is 80.7 cm³/mol. The Morgan fingerprint density at radius 1 is 1.19 bits per heavy atom. The third kappa shape index (κ3) is 3.80. The SMILES string of the molecule is COc1ccc(Cl)cc1COc1ccc(Cl)c(C(=O)O)c1. The average Bonchev–Trinajstić information content (AvgIpc) is 2.46. The van der Waals surface area contributed by atoms with Crippen molar-refractivity contribution < 1.29 is 19.4 Å². The quantitative estimate of drug-likeness (QED) is 0.890. The Hall–Kier alpha value is -1.91. The third-order valence-corrected chi connectivity index (χ3v) is 3.37. The van der Waals surface area contributed by atoms with E-state index in [1.807, 2.05) is 0 Å². The minimum Gasteiger partial charge on any atom is -0.496 e. The number of benzene rings is 2. The molecule has 2 rings (SSSR count). The lowest BCUT2D eigenvalue weighted by molar-refractivity contribution is 0.0696. The first kappa shape index (κ1) is 15.5. The van der Waals surface area contributed by atoms with E-state index in [4.69, 9.17) is 37.8 Å². The number of hydrogen-bond donors (Lipinski definition) is 1. The second-order valence-corrected chi connectivity index (χ2v) is 5.04. The molecule has 1 N–H and O–H groups in total. The van der Waals surface area contributed by atoms with Gasteiger partial charge in [0.25, 0.3) is 0 Å². The number of carboxylic acids is 1.